The molecular weight excluding hydrogens is 348 g/mol. The molecule has 0 aromatic carbocycles. The van der Waals surface area contributed by atoms with Crippen molar-refractivity contribution in [3.8, 4) is 0 Å². The largest absolute Gasteiger partial charge is 0.368 e. The topological polar surface area (TPSA) is 48.5 Å². The highest BCUT2D eigenvalue weighted by Crippen LogP contribution is 2.44. The minimum Gasteiger partial charge on any atom is -0.368 e. The van der Waals surface area contributed by atoms with Gasteiger partial charge in [-0.3, -0.25) is 9.69 Å². The number of pyridine rings is 1. The van der Waals surface area contributed by atoms with E-state index < -0.39 is 0 Å². The van der Waals surface area contributed by atoms with E-state index >= 15 is 0 Å². The van der Waals surface area contributed by atoms with Crippen LogP contribution in [0.1, 0.15) is 69.8 Å². The van der Waals surface area contributed by atoms with Crippen LogP contribution in [0, 0.1) is 11.3 Å². The van der Waals surface area contributed by atoms with Gasteiger partial charge < -0.3 is 10.2 Å². The molecular formula is C23H38N4O. The van der Waals surface area contributed by atoms with Crippen molar-refractivity contribution in [3.63, 3.8) is 0 Å². The van der Waals surface area contributed by atoms with E-state index in [0.717, 1.165) is 43.8 Å². The van der Waals surface area contributed by atoms with Crippen LogP contribution < -0.4 is 10.2 Å². The first-order valence-electron chi connectivity index (χ1n) is 11.2. The molecule has 1 aliphatic carbocycles. The highest BCUT2D eigenvalue weighted by Gasteiger charge is 2.36. The number of piperazine rings is 1. The summed E-state index contributed by atoms with van der Waals surface area (Å²) >= 11 is 0. The van der Waals surface area contributed by atoms with E-state index in [4.69, 9.17) is 0 Å². The molecule has 0 atom stereocenters. The summed E-state index contributed by atoms with van der Waals surface area (Å²) in [6.07, 6.45) is 9.98. The predicted molar refractivity (Wildman–Crippen MR) is 116 cm³/mol. The van der Waals surface area contributed by atoms with Gasteiger partial charge in [0.15, 0.2) is 0 Å². The Morgan fingerprint density at radius 3 is 2.25 bits per heavy atom. The van der Waals surface area contributed by atoms with Crippen molar-refractivity contribution in [1.29, 1.82) is 0 Å². The van der Waals surface area contributed by atoms with E-state index in [1.54, 1.807) is 7.05 Å². The summed E-state index contributed by atoms with van der Waals surface area (Å²) in [5.74, 6) is 0.777. The number of hydrogen-bond acceptors (Lipinski definition) is 4. The van der Waals surface area contributed by atoms with Crippen LogP contribution in [0.15, 0.2) is 18.3 Å². The maximum atomic E-state index is 11.6. The third-order valence-corrected chi connectivity index (χ3v) is 7.70. The molecule has 5 heteroatoms. The normalized spacial score (nSPS) is 24.2. The fourth-order valence-corrected chi connectivity index (χ4v) is 5.15. The van der Waals surface area contributed by atoms with Crippen molar-refractivity contribution in [2.45, 2.75) is 65.3 Å². The Kier molecular flexibility index (Phi) is 6.97. The Morgan fingerprint density at radius 1 is 1.11 bits per heavy atom. The average molecular weight is 387 g/mol. The van der Waals surface area contributed by atoms with E-state index in [1.807, 2.05) is 18.3 Å². The van der Waals surface area contributed by atoms with Gasteiger partial charge in [0.25, 0.3) is 5.91 Å². The van der Waals surface area contributed by atoms with Gasteiger partial charge in [0.05, 0.1) is 11.9 Å². The van der Waals surface area contributed by atoms with Crippen LogP contribution >= 0.6 is 0 Å². The molecule has 156 valence electrons. The van der Waals surface area contributed by atoms with Gasteiger partial charge in [-0.25, -0.2) is 4.98 Å². The zero-order chi connectivity index (χ0) is 20.1. The fourth-order valence-electron chi connectivity index (χ4n) is 5.15. The number of carbonyl (C=O) groups is 1. The van der Waals surface area contributed by atoms with Crippen LogP contribution in [0.4, 0.5) is 5.69 Å². The lowest BCUT2D eigenvalue weighted by atomic mass is 9.66. The summed E-state index contributed by atoms with van der Waals surface area (Å²) in [5.41, 5.74) is 2.14. The van der Waals surface area contributed by atoms with Gasteiger partial charge in [0.2, 0.25) is 0 Å². The monoisotopic (exact) mass is 386 g/mol. The molecule has 0 bridgehead atoms. The Balaban J connectivity index is 1.49. The zero-order valence-electron chi connectivity index (χ0n) is 18.2. The van der Waals surface area contributed by atoms with Crippen LogP contribution in [0.25, 0.3) is 0 Å². The number of nitrogens with one attached hydrogen (secondary N) is 1. The first kappa shape index (κ1) is 21.1. The highest BCUT2D eigenvalue weighted by atomic mass is 16.1. The van der Waals surface area contributed by atoms with Gasteiger partial charge in [-0.05, 0) is 49.1 Å². The number of nitrogens with zero attached hydrogens (tertiary/aromatic N) is 3. The second kappa shape index (κ2) is 9.25. The predicted octanol–water partition coefficient (Wildman–Crippen LogP) is 3.95. The van der Waals surface area contributed by atoms with Crippen molar-refractivity contribution in [2.24, 2.45) is 11.3 Å². The van der Waals surface area contributed by atoms with Gasteiger partial charge in [0.1, 0.15) is 5.69 Å². The van der Waals surface area contributed by atoms with Gasteiger partial charge in [-0.1, -0.05) is 33.6 Å². The summed E-state index contributed by atoms with van der Waals surface area (Å²) in [6, 6.07) is 4.61. The maximum absolute atomic E-state index is 11.6. The summed E-state index contributed by atoms with van der Waals surface area (Å²) in [7, 11) is 1.63. The molecule has 1 saturated carbocycles. The zero-order valence-corrected chi connectivity index (χ0v) is 18.2. The molecule has 0 spiro atoms. The molecule has 2 fully saturated rings. The number of anilines is 1. The summed E-state index contributed by atoms with van der Waals surface area (Å²) in [6.45, 7) is 11.6. The molecule has 1 aromatic rings. The Hall–Kier alpha value is -1.62. The average Bonchev–Trinajstić information content (AvgIpc) is 2.78. The Labute approximate surface area is 170 Å². The lowest BCUT2D eigenvalue weighted by Gasteiger charge is -2.46. The minimum absolute atomic E-state index is 0.130. The second-order valence-electron chi connectivity index (χ2n) is 8.87. The number of carbonyl (C=O) groups excluding carboxylic acids is 1. The molecule has 0 radical (unpaired) electrons. The molecule has 2 aliphatic rings. The number of aromatic nitrogens is 1. The fraction of sp³-hybridized carbons (Fsp3) is 0.739. The number of rotatable bonds is 6. The number of hydrogen-bond donors (Lipinski definition) is 1. The SMILES string of the molecule is CCC(C)(CC)C1CCC(N2CCN(c3ccc(C(=O)NC)nc3)CC2)CC1. The van der Waals surface area contributed by atoms with Crippen molar-refractivity contribution in [1.82, 2.24) is 15.2 Å². The molecule has 2 heterocycles. The van der Waals surface area contributed by atoms with Gasteiger partial charge in [0, 0.05) is 39.3 Å². The van der Waals surface area contributed by atoms with Crippen LogP contribution in [0.5, 0.6) is 0 Å². The highest BCUT2D eigenvalue weighted by molar-refractivity contribution is 5.92. The first-order chi connectivity index (χ1) is 13.5. The summed E-state index contributed by atoms with van der Waals surface area (Å²) in [4.78, 5) is 21.1. The Morgan fingerprint density at radius 2 is 1.75 bits per heavy atom. The Bertz CT molecular complexity index is 625. The van der Waals surface area contributed by atoms with Crippen molar-refractivity contribution in [3.05, 3.63) is 24.0 Å². The van der Waals surface area contributed by atoms with Crippen molar-refractivity contribution in [2.75, 3.05) is 38.1 Å². The molecule has 1 saturated heterocycles. The number of amides is 1. The van der Waals surface area contributed by atoms with Crippen molar-refractivity contribution >= 4 is 11.6 Å². The molecule has 28 heavy (non-hydrogen) atoms. The van der Waals surface area contributed by atoms with E-state index in [-0.39, 0.29) is 5.91 Å². The molecule has 1 amide bonds. The molecule has 1 N–H and O–H groups in total. The van der Waals surface area contributed by atoms with Gasteiger partial charge in [-0.15, -0.1) is 0 Å². The lowest BCUT2D eigenvalue weighted by molar-refractivity contribution is 0.0700. The third-order valence-electron chi connectivity index (χ3n) is 7.70. The smallest absolute Gasteiger partial charge is 0.269 e. The van der Waals surface area contributed by atoms with E-state index in [1.165, 1.54) is 38.5 Å². The summed E-state index contributed by atoms with van der Waals surface area (Å²) in [5, 5.41) is 2.62. The van der Waals surface area contributed by atoms with Gasteiger partial charge >= 0.3 is 0 Å². The quantitative estimate of drug-likeness (QED) is 0.804. The van der Waals surface area contributed by atoms with Crippen LogP contribution in [0.3, 0.4) is 0 Å². The van der Waals surface area contributed by atoms with Crippen molar-refractivity contribution < 1.29 is 4.79 Å². The van der Waals surface area contributed by atoms with E-state index in [0.29, 0.717) is 11.1 Å². The van der Waals surface area contributed by atoms with Crippen LogP contribution in [-0.4, -0.2) is 55.1 Å². The molecule has 5 nitrogen and oxygen atoms in total. The van der Waals surface area contributed by atoms with E-state index in [2.05, 4.69) is 40.9 Å². The third kappa shape index (κ3) is 4.51. The lowest BCUT2D eigenvalue weighted by Crippen LogP contribution is -2.51. The van der Waals surface area contributed by atoms with Gasteiger partial charge in [-0.2, -0.15) is 0 Å². The maximum Gasteiger partial charge on any atom is 0.269 e. The molecule has 3 rings (SSSR count). The van der Waals surface area contributed by atoms with E-state index in [9.17, 15) is 4.79 Å². The second-order valence-corrected chi connectivity index (χ2v) is 8.87. The standard InChI is InChI=1S/C23H38N4O/c1-5-23(3,6-2)18-7-9-19(10-8-18)26-13-15-27(16-14-26)20-11-12-21(25-17-20)22(28)24-4/h11-12,17-19H,5-10,13-16H2,1-4H3,(H,24,28). The minimum atomic E-state index is -0.130. The van der Waals surface area contributed by atoms with Crippen LogP contribution in [0.2, 0.25) is 0 Å². The summed E-state index contributed by atoms with van der Waals surface area (Å²) < 4.78 is 0. The molecule has 0 unspecified atom stereocenters. The molecule has 1 aliphatic heterocycles. The van der Waals surface area contributed by atoms with Crippen LogP contribution in [-0.2, 0) is 0 Å². The first-order valence-corrected chi connectivity index (χ1v) is 11.2. The molecule has 1 aromatic heterocycles.